The van der Waals surface area contributed by atoms with Crippen molar-refractivity contribution >= 4 is 5.91 Å². The van der Waals surface area contributed by atoms with Crippen molar-refractivity contribution in [3.8, 4) is 0 Å². The number of hydrogen-bond acceptors (Lipinski definition) is 13. The first-order valence-corrected chi connectivity index (χ1v) is 43.3. The highest BCUT2D eigenvalue weighted by Gasteiger charge is 2.51. The summed E-state index contributed by atoms with van der Waals surface area (Å²) in [4.78, 5) is 13.4. The van der Waals surface area contributed by atoms with E-state index < -0.39 is 86.8 Å². The second-order valence-electron chi connectivity index (χ2n) is 29.9. The monoisotopic (exact) mass is 1470 g/mol. The summed E-state index contributed by atoms with van der Waals surface area (Å²) < 4.78 is 22.9. The van der Waals surface area contributed by atoms with Crippen LogP contribution < -0.4 is 5.32 Å². The maximum Gasteiger partial charge on any atom is 0.220 e. The highest BCUT2D eigenvalue weighted by atomic mass is 16.7. The Morgan fingerprint density at radius 3 is 1.01 bits per heavy atom. The fourth-order valence-electron chi connectivity index (χ4n) is 13.6. The van der Waals surface area contributed by atoms with Crippen LogP contribution in [-0.4, -0.2) is 140 Å². The first-order chi connectivity index (χ1) is 51.6. The summed E-state index contributed by atoms with van der Waals surface area (Å²) in [5.41, 5.74) is 0. The summed E-state index contributed by atoms with van der Waals surface area (Å²) in [6.45, 7) is 2.73. The second-order valence-corrected chi connectivity index (χ2v) is 29.9. The molecule has 2 saturated heterocycles. The summed E-state index contributed by atoms with van der Waals surface area (Å²) >= 11 is 0. The predicted molar refractivity (Wildman–Crippen MR) is 438 cm³/mol. The molecule has 0 aromatic carbocycles. The van der Waals surface area contributed by atoms with E-state index in [2.05, 4.69) is 129 Å². The van der Waals surface area contributed by atoms with E-state index in [1.54, 1.807) is 6.08 Å². The summed E-state index contributed by atoms with van der Waals surface area (Å²) in [6, 6.07) is -0.927. The molecule has 9 N–H and O–H groups in total. The van der Waals surface area contributed by atoms with Crippen molar-refractivity contribution in [3.05, 3.63) is 122 Å². The van der Waals surface area contributed by atoms with E-state index in [1.807, 2.05) is 6.08 Å². The largest absolute Gasteiger partial charge is 0.394 e. The van der Waals surface area contributed by atoms with Crippen LogP contribution in [0.2, 0.25) is 0 Å². The quantitative estimate of drug-likeness (QED) is 0.0204. The molecular formula is C91H159NO13. The molecule has 0 bridgehead atoms. The van der Waals surface area contributed by atoms with Gasteiger partial charge in [0.15, 0.2) is 12.6 Å². The number of rotatable bonds is 72. The minimum Gasteiger partial charge on any atom is -0.394 e. The molecule has 2 heterocycles. The van der Waals surface area contributed by atoms with Crippen molar-refractivity contribution in [1.29, 1.82) is 0 Å². The molecule has 0 aliphatic carbocycles. The number of unbranched alkanes of at least 4 members (excludes halogenated alkanes) is 41. The van der Waals surface area contributed by atoms with Crippen molar-refractivity contribution in [3.63, 3.8) is 0 Å². The lowest BCUT2D eigenvalue weighted by Crippen LogP contribution is -2.65. The zero-order chi connectivity index (χ0) is 75.8. The summed E-state index contributed by atoms with van der Waals surface area (Å²) in [6.07, 6.45) is 91.4. The predicted octanol–water partition coefficient (Wildman–Crippen LogP) is 20.7. The number of carbonyl (C=O) groups is 1. The van der Waals surface area contributed by atoms with Gasteiger partial charge in [0.2, 0.25) is 5.91 Å². The molecule has 1 amide bonds. The standard InChI is InChI=1S/C91H159NO13/c1-3-5-7-9-11-13-15-17-19-21-23-25-27-29-31-33-35-37-38-39-40-41-42-43-45-47-49-51-53-55-57-59-61-63-65-67-69-71-73-75-83(96)92-79(78-102-90-88(101)86(99)89(82(77-94)104-90)105-91-87(100)85(98)84(97)81(76-93)103-91)80(95)74-72-70-68-66-64-62-60-58-56-54-52-50-48-46-44-36-34-32-30-28-26-24-22-20-18-16-14-12-10-8-6-4-2/h5,7,11,13,17,19,23,25,29,31,35,37,39-40,42-43,47,49,72,74,79-82,84-91,93-95,97-101H,3-4,6,8-10,12,14-16,18,20-22,24,26-28,30,32-34,36,38,41,44-46,48,50-71,73,75-78H2,1-2H3,(H,92,96)/b7-5-,13-11-,19-17-,25-23-,31-29-,37-35-,40-39-,43-42-,49-47-,74-72+. The maximum atomic E-state index is 13.4. The van der Waals surface area contributed by atoms with E-state index in [9.17, 15) is 45.6 Å². The van der Waals surface area contributed by atoms with E-state index in [1.165, 1.54) is 225 Å². The van der Waals surface area contributed by atoms with Gasteiger partial charge >= 0.3 is 0 Å². The molecule has 0 aromatic rings. The Labute approximate surface area is 641 Å². The van der Waals surface area contributed by atoms with Gasteiger partial charge in [0, 0.05) is 6.42 Å². The van der Waals surface area contributed by atoms with Gasteiger partial charge in [-0.3, -0.25) is 4.79 Å². The highest BCUT2D eigenvalue weighted by Crippen LogP contribution is 2.30. The van der Waals surface area contributed by atoms with E-state index in [4.69, 9.17) is 18.9 Å². The van der Waals surface area contributed by atoms with E-state index >= 15 is 0 Å². The van der Waals surface area contributed by atoms with Crippen LogP contribution in [0.4, 0.5) is 0 Å². The molecule has 0 spiro atoms. The molecule has 0 radical (unpaired) electrons. The van der Waals surface area contributed by atoms with Crippen LogP contribution in [0, 0.1) is 0 Å². The zero-order valence-corrected chi connectivity index (χ0v) is 66.7. The third-order valence-corrected chi connectivity index (χ3v) is 20.4. The Balaban J connectivity index is 1.60. The lowest BCUT2D eigenvalue weighted by Gasteiger charge is -2.46. The molecule has 0 aromatic heterocycles. The Morgan fingerprint density at radius 1 is 0.352 bits per heavy atom. The van der Waals surface area contributed by atoms with Gasteiger partial charge in [-0.15, -0.1) is 0 Å². The Hall–Kier alpha value is -3.61. The summed E-state index contributed by atoms with van der Waals surface area (Å²) in [7, 11) is 0. The number of carbonyl (C=O) groups excluding carboxylic acids is 1. The average Bonchev–Trinajstić information content (AvgIpc) is 0.789. The van der Waals surface area contributed by atoms with Gasteiger partial charge in [-0.1, -0.05) is 379 Å². The zero-order valence-electron chi connectivity index (χ0n) is 66.7. The number of hydrogen-bond donors (Lipinski definition) is 9. The van der Waals surface area contributed by atoms with Gasteiger partial charge < -0.3 is 65.1 Å². The lowest BCUT2D eigenvalue weighted by atomic mass is 9.97. The maximum absolute atomic E-state index is 13.4. The van der Waals surface area contributed by atoms with Crippen LogP contribution in [0.1, 0.15) is 354 Å². The molecule has 2 fully saturated rings. The van der Waals surface area contributed by atoms with Crippen molar-refractivity contribution in [1.82, 2.24) is 5.32 Å². The fraction of sp³-hybridized carbons (Fsp3) is 0.769. The average molecular weight is 1480 g/mol. The second kappa shape index (κ2) is 73.2. The van der Waals surface area contributed by atoms with Crippen molar-refractivity contribution in [2.75, 3.05) is 19.8 Å². The molecule has 105 heavy (non-hydrogen) atoms. The number of nitrogens with one attached hydrogen (secondary N) is 1. The van der Waals surface area contributed by atoms with E-state index in [-0.39, 0.29) is 18.9 Å². The summed E-state index contributed by atoms with van der Waals surface area (Å²) in [5, 5.41) is 87.8. The summed E-state index contributed by atoms with van der Waals surface area (Å²) in [5.74, 6) is -0.242. The van der Waals surface area contributed by atoms with Crippen LogP contribution in [0.3, 0.4) is 0 Å². The molecular weight excluding hydrogens is 1310 g/mol. The van der Waals surface area contributed by atoms with Crippen LogP contribution >= 0.6 is 0 Å². The van der Waals surface area contributed by atoms with Gasteiger partial charge in [0.1, 0.15) is 48.8 Å². The SMILES string of the molecule is CC/C=C\C/C=C\C/C=C\C/C=C\C/C=C\C/C=C\C/C=C\C/C=C\C/C=C\CCCCCCCCCCCCCC(=O)NC(COC1OC(CO)C(OC2OC(CO)C(O)C(O)C2O)C(O)C1O)C(O)/C=C/CCCCCCCCCCCCCCCCCCCCCCCCCCCCCCCC. The number of allylic oxidation sites excluding steroid dienone is 19. The first-order valence-electron chi connectivity index (χ1n) is 43.3. The van der Waals surface area contributed by atoms with Gasteiger partial charge in [0.05, 0.1) is 32.0 Å². The van der Waals surface area contributed by atoms with Gasteiger partial charge in [-0.2, -0.15) is 0 Å². The minimum atomic E-state index is -1.79. The number of amides is 1. The van der Waals surface area contributed by atoms with Crippen LogP contribution in [0.15, 0.2) is 122 Å². The van der Waals surface area contributed by atoms with Gasteiger partial charge in [0.25, 0.3) is 0 Å². The third kappa shape index (κ3) is 55.4. The van der Waals surface area contributed by atoms with Crippen LogP contribution in [0.5, 0.6) is 0 Å². The third-order valence-electron chi connectivity index (χ3n) is 20.4. The molecule has 2 rings (SSSR count). The molecule has 12 atom stereocenters. The highest BCUT2D eigenvalue weighted by molar-refractivity contribution is 5.76. The normalized spacial score (nSPS) is 22.0. The molecule has 14 heteroatoms. The Morgan fingerprint density at radius 2 is 0.657 bits per heavy atom. The fourth-order valence-corrected chi connectivity index (χ4v) is 13.6. The van der Waals surface area contributed by atoms with Crippen molar-refractivity contribution < 1.29 is 64.6 Å². The number of aliphatic hydroxyl groups excluding tert-OH is 8. The van der Waals surface area contributed by atoms with Crippen LogP contribution in [-0.2, 0) is 23.7 Å². The lowest BCUT2D eigenvalue weighted by molar-refractivity contribution is -0.359. The smallest absolute Gasteiger partial charge is 0.220 e. The molecule has 606 valence electrons. The van der Waals surface area contributed by atoms with Gasteiger partial charge in [-0.25, -0.2) is 0 Å². The van der Waals surface area contributed by atoms with E-state index in [0.717, 1.165) is 103 Å². The molecule has 12 unspecified atom stereocenters. The Bertz CT molecular complexity index is 2240. The molecule has 14 nitrogen and oxygen atoms in total. The number of aliphatic hydroxyl groups is 8. The molecule has 0 saturated carbocycles. The van der Waals surface area contributed by atoms with Gasteiger partial charge in [-0.05, 0) is 89.9 Å². The van der Waals surface area contributed by atoms with Crippen molar-refractivity contribution in [2.45, 2.75) is 428 Å². The first kappa shape index (κ1) is 97.5. The van der Waals surface area contributed by atoms with E-state index in [0.29, 0.717) is 6.42 Å². The number of ether oxygens (including phenoxy) is 4. The van der Waals surface area contributed by atoms with Crippen molar-refractivity contribution in [2.24, 2.45) is 0 Å². The molecule has 2 aliphatic heterocycles. The Kier molecular flexibility index (Phi) is 68.0. The molecule has 2 aliphatic rings. The minimum absolute atomic E-state index is 0.242. The topological polar surface area (TPSA) is 228 Å². The van der Waals surface area contributed by atoms with Crippen LogP contribution in [0.25, 0.3) is 0 Å².